The second-order valence-electron chi connectivity index (χ2n) is 4.62. The minimum absolute atomic E-state index is 0.832. The average molecular weight is 182 g/mol. The quantitative estimate of drug-likeness (QED) is 0.695. The van der Waals surface area contributed by atoms with Gasteiger partial charge >= 0.3 is 0 Å². The molecule has 3 unspecified atom stereocenters. The van der Waals surface area contributed by atoms with Gasteiger partial charge in [0.25, 0.3) is 0 Å². The van der Waals surface area contributed by atoms with E-state index in [1.54, 1.807) is 0 Å². The Morgan fingerprint density at radius 2 is 2.23 bits per heavy atom. The zero-order valence-corrected chi connectivity index (χ0v) is 8.92. The maximum atomic E-state index is 3.53. The summed E-state index contributed by atoms with van der Waals surface area (Å²) in [5, 5.41) is 3.53. The van der Waals surface area contributed by atoms with Crippen molar-refractivity contribution in [3.8, 4) is 0 Å². The Morgan fingerprint density at radius 3 is 2.85 bits per heavy atom. The fourth-order valence-electron chi connectivity index (χ4n) is 2.97. The first kappa shape index (κ1) is 9.47. The van der Waals surface area contributed by atoms with E-state index in [0.29, 0.717) is 0 Å². The topological polar surface area (TPSA) is 15.3 Å². The molecule has 2 heterocycles. The molecule has 0 spiro atoms. The van der Waals surface area contributed by atoms with Crippen LogP contribution >= 0.6 is 0 Å². The van der Waals surface area contributed by atoms with Crippen LogP contribution in [-0.4, -0.2) is 36.6 Å². The van der Waals surface area contributed by atoms with Gasteiger partial charge in [-0.3, -0.25) is 4.90 Å². The van der Waals surface area contributed by atoms with Gasteiger partial charge in [0.05, 0.1) is 0 Å². The highest BCUT2D eigenvalue weighted by molar-refractivity contribution is 4.92. The molecule has 1 N–H and O–H groups in total. The van der Waals surface area contributed by atoms with Crippen molar-refractivity contribution in [3.05, 3.63) is 0 Å². The Balaban J connectivity index is 1.98. The van der Waals surface area contributed by atoms with E-state index in [1.165, 1.54) is 38.9 Å². The minimum atomic E-state index is 0.832. The first-order chi connectivity index (χ1) is 6.33. The summed E-state index contributed by atoms with van der Waals surface area (Å²) in [5.41, 5.74) is 0. The van der Waals surface area contributed by atoms with E-state index in [2.05, 4.69) is 24.1 Å². The third kappa shape index (κ3) is 1.75. The van der Waals surface area contributed by atoms with E-state index < -0.39 is 0 Å². The average Bonchev–Trinajstić information content (AvgIpc) is 2.71. The fourth-order valence-corrected chi connectivity index (χ4v) is 2.97. The van der Waals surface area contributed by atoms with Gasteiger partial charge in [-0.25, -0.2) is 0 Å². The van der Waals surface area contributed by atoms with Gasteiger partial charge in [0.1, 0.15) is 0 Å². The number of rotatable bonds is 2. The summed E-state index contributed by atoms with van der Waals surface area (Å²) in [6.07, 6.45) is 4.15. The molecule has 2 nitrogen and oxygen atoms in total. The molecule has 0 saturated carbocycles. The molecule has 0 radical (unpaired) electrons. The minimum Gasteiger partial charge on any atom is -0.315 e. The van der Waals surface area contributed by atoms with Gasteiger partial charge < -0.3 is 5.32 Å². The van der Waals surface area contributed by atoms with Crippen molar-refractivity contribution in [1.82, 2.24) is 10.2 Å². The normalized spacial score (nSPS) is 41.5. The first-order valence-electron chi connectivity index (χ1n) is 5.79. The molecule has 2 fully saturated rings. The van der Waals surface area contributed by atoms with Crippen LogP contribution in [0, 0.1) is 5.92 Å². The lowest BCUT2D eigenvalue weighted by atomic mass is 9.99. The summed E-state index contributed by atoms with van der Waals surface area (Å²) >= 11 is 0. The van der Waals surface area contributed by atoms with Gasteiger partial charge in [-0.1, -0.05) is 13.3 Å². The molecular weight excluding hydrogens is 160 g/mol. The van der Waals surface area contributed by atoms with Gasteiger partial charge in [0.2, 0.25) is 0 Å². The third-order valence-corrected chi connectivity index (χ3v) is 3.86. The largest absolute Gasteiger partial charge is 0.315 e. The van der Waals surface area contributed by atoms with Crippen molar-refractivity contribution in [1.29, 1.82) is 0 Å². The van der Waals surface area contributed by atoms with Crippen LogP contribution in [0.4, 0.5) is 0 Å². The van der Waals surface area contributed by atoms with E-state index in [9.17, 15) is 0 Å². The van der Waals surface area contributed by atoms with Crippen molar-refractivity contribution >= 4 is 0 Å². The lowest BCUT2D eigenvalue weighted by Gasteiger charge is -2.31. The van der Waals surface area contributed by atoms with Crippen molar-refractivity contribution in [2.24, 2.45) is 5.92 Å². The summed E-state index contributed by atoms with van der Waals surface area (Å²) < 4.78 is 0. The number of likely N-dealkylation sites (tertiary alicyclic amines) is 1. The lowest BCUT2D eigenvalue weighted by Crippen LogP contribution is -2.42. The van der Waals surface area contributed by atoms with Gasteiger partial charge in [0.15, 0.2) is 0 Å². The van der Waals surface area contributed by atoms with Crippen LogP contribution in [0.3, 0.4) is 0 Å². The summed E-state index contributed by atoms with van der Waals surface area (Å²) in [7, 11) is 0. The molecule has 0 aliphatic carbocycles. The highest BCUT2D eigenvalue weighted by atomic mass is 15.2. The van der Waals surface area contributed by atoms with Crippen LogP contribution in [0.5, 0.6) is 0 Å². The monoisotopic (exact) mass is 182 g/mol. The van der Waals surface area contributed by atoms with Crippen LogP contribution in [0.25, 0.3) is 0 Å². The molecule has 2 rings (SSSR count). The molecule has 2 aliphatic heterocycles. The highest BCUT2D eigenvalue weighted by Crippen LogP contribution is 2.26. The SMILES string of the molecule is CCC1CNCC1N1CCCC1C. The van der Waals surface area contributed by atoms with E-state index in [-0.39, 0.29) is 0 Å². The first-order valence-corrected chi connectivity index (χ1v) is 5.79. The van der Waals surface area contributed by atoms with Crippen LogP contribution in [0.15, 0.2) is 0 Å². The highest BCUT2D eigenvalue weighted by Gasteiger charge is 2.34. The van der Waals surface area contributed by atoms with E-state index >= 15 is 0 Å². The fraction of sp³-hybridized carbons (Fsp3) is 1.00. The van der Waals surface area contributed by atoms with Crippen LogP contribution in [-0.2, 0) is 0 Å². The second-order valence-corrected chi connectivity index (χ2v) is 4.62. The standard InChI is InChI=1S/C11H22N2/c1-3-10-7-12-8-11(10)13-6-4-5-9(13)2/h9-12H,3-8H2,1-2H3. The molecule has 0 aromatic carbocycles. The molecule has 13 heavy (non-hydrogen) atoms. The van der Waals surface area contributed by atoms with Gasteiger partial charge in [0, 0.05) is 18.6 Å². The Bertz CT molecular complexity index is 169. The van der Waals surface area contributed by atoms with E-state index in [1.807, 2.05) is 0 Å². The summed E-state index contributed by atoms with van der Waals surface area (Å²) in [4.78, 5) is 2.73. The smallest absolute Gasteiger partial charge is 0.0263 e. The molecular formula is C11H22N2. The van der Waals surface area contributed by atoms with Crippen molar-refractivity contribution in [2.75, 3.05) is 19.6 Å². The summed E-state index contributed by atoms with van der Waals surface area (Å²) in [6.45, 7) is 8.51. The number of hydrogen-bond donors (Lipinski definition) is 1. The molecule has 2 aliphatic rings. The molecule has 2 saturated heterocycles. The number of hydrogen-bond acceptors (Lipinski definition) is 2. The number of nitrogens with zero attached hydrogens (tertiary/aromatic N) is 1. The zero-order valence-electron chi connectivity index (χ0n) is 8.92. The molecule has 0 bridgehead atoms. The third-order valence-electron chi connectivity index (χ3n) is 3.86. The Hall–Kier alpha value is -0.0800. The van der Waals surface area contributed by atoms with Crippen LogP contribution in [0.1, 0.15) is 33.1 Å². The van der Waals surface area contributed by atoms with Crippen molar-refractivity contribution in [3.63, 3.8) is 0 Å². The van der Waals surface area contributed by atoms with Gasteiger partial charge in [-0.05, 0) is 38.8 Å². The van der Waals surface area contributed by atoms with Gasteiger partial charge in [-0.15, -0.1) is 0 Å². The molecule has 0 aromatic heterocycles. The molecule has 76 valence electrons. The summed E-state index contributed by atoms with van der Waals surface area (Å²) in [6, 6.07) is 1.67. The lowest BCUT2D eigenvalue weighted by molar-refractivity contribution is 0.163. The predicted octanol–water partition coefficient (Wildman–Crippen LogP) is 1.47. The van der Waals surface area contributed by atoms with E-state index in [0.717, 1.165) is 18.0 Å². The Morgan fingerprint density at radius 1 is 1.38 bits per heavy atom. The Kier molecular flexibility index (Phi) is 2.89. The zero-order chi connectivity index (χ0) is 9.26. The molecule has 0 amide bonds. The van der Waals surface area contributed by atoms with Crippen molar-refractivity contribution < 1.29 is 0 Å². The number of nitrogens with one attached hydrogen (secondary N) is 1. The second kappa shape index (κ2) is 3.97. The van der Waals surface area contributed by atoms with Crippen LogP contribution in [0.2, 0.25) is 0 Å². The molecule has 3 atom stereocenters. The maximum absolute atomic E-state index is 3.53. The van der Waals surface area contributed by atoms with Crippen molar-refractivity contribution in [2.45, 2.75) is 45.2 Å². The molecule has 0 aromatic rings. The molecule has 2 heteroatoms. The van der Waals surface area contributed by atoms with Gasteiger partial charge in [-0.2, -0.15) is 0 Å². The summed E-state index contributed by atoms with van der Waals surface area (Å²) in [5.74, 6) is 0.903. The maximum Gasteiger partial charge on any atom is 0.0263 e. The Labute approximate surface area is 81.7 Å². The predicted molar refractivity (Wildman–Crippen MR) is 55.8 cm³/mol. The van der Waals surface area contributed by atoms with E-state index in [4.69, 9.17) is 0 Å². The van der Waals surface area contributed by atoms with Crippen LogP contribution < -0.4 is 5.32 Å².